The van der Waals surface area contributed by atoms with E-state index >= 15 is 0 Å². The summed E-state index contributed by atoms with van der Waals surface area (Å²) < 4.78 is 6.24. The first-order valence-electron chi connectivity index (χ1n) is 4.57. The quantitative estimate of drug-likeness (QED) is 0.559. The molecule has 0 spiro atoms. The Morgan fingerprint density at radius 3 is 3.00 bits per heavy atom. The van der Waals surface area contributed by atoms with Gasteiger partial charge in [-0.2, -0.15) is 5.10 Å². The first kappa shape index (κ1) is 11.1. The standard InChI is InChI=1S/C10H13N3O2/c1-3-15-9(14)6-4-5-8-7-12-13(2)10(8)11/h7H,3,6,11H2,1-2H3. The van der Waals surface area contributed by atoms with Crippen molar-refractivity contribution in [2.24, 2.45) is 7.05 Å². The maximum Gasteiger partial charge on any atom is 0.317 e. The number of aryl methyl sites for hydroxylation is 1. The molecule has 0 aliphatic heterocycles. The van der Waals surface area contributed by atoms with Crippen LogP contribution in [0.1, 0.15) is 18.9 Å². The van der Waals surface area contributed by atoms with Gasteiger partial charge in [0, 0.05) is 7.05 Å². The highest BCUT2D eigenvalue weighted by Crippen LogP contribution is 2.06. The van der Waals surface area contributed by atoms with E-state index in [1.807, 2.05) is 0 Å². The van der Waals surface area contributed by atoms with Gasteiger partial charge < -0.3 is 10.5 Å². The van der Waals surface area contributed by atoms with Crippen molar-refractivity contribution in [1.82, 2.24) is 9.78 Å². The second-order valence-electron chi connectivity index (χ2n) is 2.85. The summed E-state index contributed by atoms with van der Waals surface area (Å²) in [7, 11) is 1.73. The molecule has 5 nitrogen and oxygen atoms in total. The summed E-state index contributed by atoms with van der Waals surface area (Å²) in [5.41, 5.74) is 6.29. The third-order valence-corrected chi connectivity index (χ3v) is 1.75. The Bertz CT molecular complexity index is 412. The molecule has 0 fully saturated rings. The number of ether oxygens (including phenoxy) is 1. The van der Waals surface area contributed by atoms with Crippen molar-refractivity contribution in [3.8, 4) is 11.8 Å². The van der Waals surface area contributed by atoms with Gasteiger partial charge in [-0.15, -0.1) is 0 Å². The molecule has 0 unspecified atom stereocenters. The van der Waals surface area contributed by atoms with Gasteiger partial charge >= 0.3 is 5.97 Å². The lowest BCUT2D eigenvalue weighted by Gasteiger charge is -1.94. The van der Waals surface area contributed by atoms with Crippen LogP contribution in [0.25, 0.3) is 0 Å². The molecule has 1 rings (SSSR count). The fraction of sp³-hybridized carbons (Fsp3) is 0.400. The maximum absolute atomic E-state index is 10.9. The summed E-state index contributed by atoms with van der Waals surface area (Å²) in [5, 5.41) is 3.92. The maximum atomic E-state index is 10.9. The van der Waals surface area contributed by atoms with Crippen LogP contribution in [0.2, 0.25) is 0 Å². The summed E-state index contributed by atoms with van der Waals surface area (Å²) in [6.07, 6.45) is 1.63. The highest BCUT2D eigenvalue weighted by molar-refractivity contribution is 5.72. The molecule has 0 atom stereocenters. The van der Waals surface area contributed by atoms with Crippen LogP contribution < -0.4 is 5.73 Å². The van der Waals surface area contributed by atoms with Crippen molar-refractivity contribution < 1.29 is 9.53 Å². The average molecular weight is 207 g/mol. The number of anilines is 1. The summed E-state index contributed by atoms with van der Waals surface area (Å²) in [6.45, 7) is 2.12. The van der Waals surface area contributed by atoms with Gasteiger partial charge in [0.05, 0.1) is 18.4 Å². The Morgan fingerprint density at radius 1 is 1.73 bits per heavy atom. The molecule has 0 saturated heterocycles. The highest BCUT2D eigenvalue weighted by atomic mass is 16.5. The first-order valence-corrected chi connectivity index (χ1v) is 4.57. The topological polar surface area (TPSA) is 70.1 Å². The van der Waals surface area contributed by atoms with Crippen molar-refractivity contribution in [1.29, 1.82) is 0 Å². The number of nitrogens with two attached hydrogens (primary N) is 1. The molecule has 0 bridgehead atoms. The van der Waals surface area contributed by atoms with Crippen molar-refractivity contribution in [2.75, 3.05) is 12.3 Å². The van der Waals surface area contributed by atoms with Crippen molar-refractivity contribution >= 4 is 11.8 Å². The predicted octanol–water partition coefficient (Wildman–Crippen LogP) is 0.307. The van der Waals surface area contributed by atoms with Crippen LogP contribution in [0.3, 0.4) is 0 Å². The fourth-order valence-corrected chi connectivity index (χ4v) is 0.967. The van der Waals surface area contributed by atoms with E-state index in [4.69, 9.17) is 10.5 Å². The summed E-state index contributed by atoms with van der Waals surface area (Å²) in [4.78, 5) is 10.9. The van der Waals surface area contributed by atoms with E-state index in [0.29, 0.717) is 18.0 Å². The molecular formula is C10H13N3O2. The largest absolute Gasteiger partial charge is 0.465 e. The number of hydrogen-bond donors (Lipinski definition) is 1. The zero-order valence-electron chi connectivity index (χ0n) is 8.78. The van der Waals surface area contributed by atoms with Gasteiger partial charge in [-0.25, -0.2) is 0 Å². The van der Waals surface area contributed by atoms with Crippen LogP contribution in [0.15, 0.2) is 6.20 Å². The minimum Gasteiger partial charge on any atom is -0.465 e. The second-order valence-corrected chi connectivity index (χ2v) is 2.85. The number of hydrogen-bond acceptors (Lipinski definition) is 4. The lowest BCUT2D eigenvalue weighted by atomic mass is 10.3. The molecular weight excluding hydrogens is 194 g/mol. The molecule has 0 saturated carbocycles. The van der Waals surface area contributed by atoms with E-state index in [9.17, 15) is 4.79 Å². The first-order chi connectivity index (χ1) is 7.15. The molecule has 0 aliphatic carbocycles. The number of esters is 1. The molecule has 1 aromatic heterocycles. The number of rotatable bonds is 2. The van der Waals surface area contributed by atoms with Gasteiger partial charge in [-0.05, 0) is 6.92 Å². The molecule has 0 aliphatic rings. The smallest absolute Gasteiger partial charge is 0.317 e. The van der Waals surface area contributed by atoms with E-state index in [0.717, 1.165) is 0 Å². The fourth-order valence-electron chi connectivity index (χ4n) is 0.967. The summed E-state index contributed by atoms with van der Waals surface area (Å²) >= 11 is 0. The Balaban J connectivity index is 2.59. The van der Waals surface area contributed by atoms with Gasteiger partial charge in [0.25, 0.3) is 0 Å². The van der Waals surface area contributed by atoms with E-state index in [-0.39, 0.29) is 12.4 Å². The molecule has 1 aromatic rings. The third-order valence-electron chi connectivity index (χ3n) is 1.75. The highest BCUT2D eigenvalue weighted by Gasteiger charge is 2.01. The summed E-state index contributed by atoms with van der Waals surface area (Å²) in [6, 6.07) is 0. The monoisotopic (exact) mass is 207 g/mol. The molecule has 0 aromatic carbocycles. The normalized spacial score (nSPS) is 9.20. The zero-order valence-corrected chi connectivity index (χ0v) is 8.78. The Hall–Kier alpha value is -1.96. The van der Waals surface area contributed by atoms with Crippen molar-refractivity contribution in [3.63, 3.8) is 0 Å². The van der Waals surface area contributed by atoms with Crippen LogP contribution in [0.4, 0.5) is 5.82 Å². The zero-order chi connectivity index (χ0) is 11.3. The van der Waals surface area contributed by atoms with E-state index < -0.39 is 0 Å². The Morgan fingerprint density at radius 2 is 2.47 bits per heavy atom. The van der Waals surface area contributed by atoms with Gasteiger partial charge in [0.2, 0.25) is 0 Å². The lowest BCUT2D eigenvalue weighted by molar-refractivity contribution is -0.141. The van der Waals surface area contributed by atoms with Gasteiger partial charge in [0.15, 0.2) is 0 Å². The van der Waals surface area contributed by atoms with Crippen LogP contribution in [-0.4, -0.2) is 22.4 Å². The summed E-state index contributed by atoms with van der Waals surface area (Å²) in [5.74, 6) is 5.61. The molecule has 5 heteroatoms. The van der Waals surface area contributed by atoms with Gasteiger partial charge in [0.1, 0.15) is 12.2 Å². The van der Waals surface area contributed by atoms with E-state index in [2.05, 4.69) is 16.9 Å². The Kier molecular flexibility index (Phi) is 3.75. The van der Waals surface area contributed by atoms with Crippen molar-refractivity contribution in [3.05, 3.63) is 11.8 Å². The van der Waals surface area contributed by atoms with Crippen LogP contribution in [0, 0.1) is 11.8 Å². The number of carbonyl (C=O) groups is 1. The molecule has 80 valence electrons. The average Bonchev–Trinajstić information content (AvgIpc) is 2.50. The molecule has 0 radical (unpaired) electrons. The van der Waals surface area contributed by atoms with Crippen molar-refractivity contribution in [2.45, 2.75) is 13.3 Å². The van der Waals surface area contributed by atoms with Gasteiger partial charge in [-0.3, -0.25) is 9.48 Å². The van der Waals surface area contributed by atoms with Crippen LogP contribution >= 0.6 is 0 Å². The van der Waals surface area contributed by atoms with Crippen LogP contribution in [0.5, 0.6) is 0 Å². The molecule has 2 N–H and O–H groups in total. The predicted molar refractivity (Wildman–Crippen MR) is 55.7 cm³/mol. The van der Waals surface area contributed by atoms with E-state index in [1.165, 1.54) is 4.68 Å². The SMILES string of the molecule is CCOC(=O)CC#Cc1cnn(C)c1N. The molecule has 15 heavy (non-hydrogen) atoms. The third kappa shape index (κ3) is 3.02. The van der Waals surface area contributed by atoms with Crippen LogP contribution in [-0.2, 0) is 16.6 Å². The molecule has 0 amide bonds. The number of carbonyl (C=O) groups excluding carboxylic acids is 1. The number of nitrogen functional groups attached to an aromatic ring is 1. The number of nitrogens with zero attached hydrogens (tertiary/aromatic N) is 2. The lowest BCUT2D eigenvalue weighted by Crippen LogP contribution is -2.01. The Labute approximate surface area is 88.2 Å². The molecule has 1 heterocycles. The second kappa shape index (κ2) is 5.05. The van der Waals surface area contributed by atoms with E-state index in [1.54, 1.807) is 20.2 Å². The minimum absolute atomic E-state index is 0.0716. The van der Waals surface area contributed by atoms with Gasteiger partial charge in [-0.1, -0.05) is 11.8 Å². The minimum atomic E-state index is -0.326. The number of aromatic nitrogens is 2.